The number of aryl methyl sites for hydroxylation is 1. The minimum atomic E-state index is -0.495. The highest BCUT2D eigenvalue weighted by molar-refractivity contribution is 7.15. The lowest BCUT2D eigenvalue weighted by Gasteiger charge is -2.29. The third-order valence-corrected chi connectivity index (χ3v) is 5.84. The molecule has 1 N–H and O–H groups in total. The first-order valence-corrected chi connectivity index (χ1v) is 11.0. The van der Waals surface area contributed by atoms with Crippen LogP contribution in [0.4, 0.5) is 10.7 Å². The fourth-order valence-electron chi connectivity index (χ4n) is 3.53. The van der Waals surface area contributed by atoms with Gasteiger partial charge in [-0.25, -0.2) is 9.59 Å². The Balaban J connectivity index is 1.58. The number of ether oxygens (including phenoxy) is 2. The van der Waals surface area contributed by atoms with Crippen molar-refractivity contribution in [2.24, 2.45) is 0 Å². The summed E-state index contributed by atoms with van der Waals surface area (Å²) in [4.78, 5) is 39.3. The number of esters is 2. The van der Waals surface area contributed by atoms with Gasteiger partial charge in [0, 0.05) is 10.9 Å². The molecule has 0 fully saturated rings. The van der Waals surface area contributed by atoms with Crippen molar-refractivity contribution >= 4 is 39.9 Å². The predicted molar refractivity (Wildman–Crippen MR) is 123 cm³/mol. The van der Waals surface area contributed by atoms with Crippen molar-refractivity contribution in [2.45, 2.75) is 13.8 Å². The van der Waals surface area contributed by atoms with Gasteiger partial charge < -0.3 is 19.7 Å². The normalized spacial score (nSPS) is 12.7. The average Bonchev–Trinajstić information content (AvgIpc) is 3.17. The molecule has 0 bridgehead atoms. The number of hydrogen-bond acceptors (Lipinski definition) is 7. The van der Waals surface area contributed by atoms with Gasteiger partial charge >= 0.3 is 11.9 Å². The third-order valence-electron chi connectivity index (χ3n) is 4.94. The van der Waals surface area contributed by atoms with Crippen LogP contribution in [-0.2, 0) is 14.3 Å². The van der Waals surface area contributed by atoms with Crippen LogP contribution in [0.25, 0.3) is 11.1 Å². The topological polar surface area (TPSA) is 84.9 Å². The zero-order chi connectivity index (χ0) is 22.7. The summed E-state index contributed by atoms with van der Waals surface area (Å²) in [5.41, 5.74) is 3.51. The summed E-state index contributed by atoms with van der Waals surface area (Å²) in [6.07, 6.45) is 0. The first-order valence-electron chi connectivity index (χ1n) is 10.2. The summed E-state index contributed by atoms with van der Waals surface area (Å²) in [7, 11) is 0. The number of carbonyl (C=O) groups is 3. The molecule has 1 aliphatic rings. The maximum absolute atomic E-state index is 12.9. The van der Waals surface area contributed by atoms with E-state index in [4.69, 9.17) is 9.47 Å². The van der Waals surface area contributed by atoms with E-state index < -0.39 is 11.9 Å². The van der Waals surface area contributed by atoms with Crippen LogP contribution in [0, 0.1) is 6.92 Å². The van der Waals surface area contributed by atoms with Gasteiger partial charge in [0.15, 0.2) is 5.75 Å². The van der Waals surface area contributed by atoms with E-state index in [0.29, 0.717) is 27.6 Å². The van der Waals surface area contributed by atoms with E-state index in [1.807, 2.05) is 54.8 Å². The zero-order valence-electron chi connectivity index (χ0n) is 17.7. The Bertz CT molecular complexity index is 1170. The summed E-state index contributed by atoms with van der Waals surface area (Å²) in [6, 6.07) is 14.9. The van der Waals surface area contributed by atoms with E-state index in [1.54, 1.807) is 17.9 Å². The van der Waals surface area contributed by atoms with Crippen molar-refractivity contribution < 1.29 is 23.9 Å². The van der Waals surface area contributed by atoms with Gasteiger partial charge in [-0.15, -0.1) is 11.3 Å². The molecule has 0 saturated heterocycles. The summed E-state index contributed by atoms with van der Waals surface area (Å²) in [5.74, 6) is -0.835. The Morgan fingerprint density at radius 3 is 2.72 bits per heavy atom. The molecule has 1 amide bonds. The second kappa shape index (κ2) is 9.23. The Labute approximate surface area is 189 Å². The number of benzene rings is 2. The van der Waals surface area contributed by atoms with E-state index in [-0.39, 0.29) is 25.6 Å². The van der Waals surface area contributed by atoms with Gasteiger partial charge in [0.25, 0.3) is 0 Å². The lowest BCUT2D eigenvalue weighted by molar-refractivity contribution is -0.133. The van der Waals surface area contributed by atoms with Crippen molar-refractivity contribution in [2.75, 3.05) is 29.9 Å². The molecule has 2 aromatic carbocycles. The number of fused-ring (bicyclic) bond motifs is 1. The van der Waals surface area contributed by atoms with Gasteiger partial charge in [-0.3, -0.25) is 4.79 Å². The molecule has 4 rings (SSSR count). The maximum Gasteiger partial charge on any atom is 0.341 e. The number of nitrogens with zero attached hydrogens (tertiary/aromatic N) is 1. The minimum absolute atomic E-state index is 0.0338. The molecule has 0 saturated carbocycles. The first-order chi connectivity index (χ1) is 15.5. The molecule has 32 heavy (non-hydrogen) atoms. The lowest BCUT2D eigenvalue weighted by Crippen LogP contribution is -2.41. The molecule has 1 aliphatic heterocycles. The maximum atomic E-state index is 12.9. The molecule has 0 atom stereocenters. The van der Waals surface area contributed by atoms with E-state index in [9.17, 15) is 14.4 Å². The van der Waals surface area contributed by atoms with E-state index in [2.05, 4.69) is 5.32 Å². The van der Waals surface area contributed by atoms with Gasteiger partial charge in [0.2, 0.25) is 5.91 Å². The van der Waals surface area contributed by atoms with Crippen molar-refractivity contribution in [1.29, 1.82) is 0 Å². The zero-order valence-corrected chi connectivity index (χ0v) is 18.5. The fraction of sp³-hybridized carbons (Fsp3) is 0.208. The van der Waals surface area contributed by atoms with E-state index in [1.165, 1.54) is 11.3 Å². The molecule has 0 radical (unpaired) electrons. The molecular weight excluding hydrogens is 428 g/mol. The summed E-state index contributed by atoms with van der Waals surface area (Å²) >= 11 is 1.26. The van der Waals surface area contributed by atoms with Gasteiger partial charge in [-0.05, 0) is 37.1 Å². The fourth-order valence-corrected chi connectivity index (χ4v) is 4.50. The number of hydrogen-bond donors (Lipinski definition) is 1. The largest absolute Gasteiger partial charge is 0.462 e. The number of anilines is 2. The van der Waals surface area contributed by atoms with Crippen LogP contribution in [-0.4, -0.2) is 37.5 Å². The number of nitrogens with one attached hydrogen (secondary N) is 1. The minimum Gasteiger partial charge on any atom is -0.462 e. The molecule has 8 heteroatoms. The van der Waals surface area contributed by atoms with Gasteiger partial charge in [-0.1, -0.05) is 36.4 Å². The van der Waals surface area contributed by atoms with Crippen LogP contribution in [0.3, 0.4) is 0 Å². The number of carbonyl (C=O) groups excluding carboxylic acids is 3. The third kappa shape index (κ3) is 4.50. The average molecular weight is 451 g/mol. The summed E-state index contributed by atoms with van der Waals surface area (Å²) in [5, 5.41) is 5.07. The Hall–Kier alpha value is -3.65. The predicted octanol–water partition coefficient (Wildman–Crippen LogP) is 4.26. The SMILES string of the molecule is CCOC(=O)c1c(-c2ccccc2)csc1NC(=O)CN1CC(=O)Oc2cc(C)ccc21. The van der Waals surface area contributed by atoms with Crippen molar-refractivity contribution in [3.05, 3.63) is 65.0 Å². The van der Waals surface area contributed by atoms with Gasteiger partial charge in [-0.2, -0.15) is 0 Å². The highest BCUT2D eigenvalue weighted by Crippen LogP contribution is 2.37. The molecule has 0 unspecified atom stereocenters. The monoisotopic (exact) mass is 450 g/mol. The standard InChI is InChI=1S/C24H22N2O5S/c1-3-30-24(29)22-17(16-7-5-4-6-8-16)14-32-23(22)25-20(27)12-26-13-21(28)31-19-11-15(2)9-10-18(19)26/h4-11,14H,3,12-13H2,1-2H3,(H,25,27). The number of rotatable bonds is 6. The molecule has 1 aromatic heterocycles. The van der Waals surface area contributed by atoms with Crippen LogP contribution in [0.2, 0.25) is 0 Å². The van der Waals surface area contributed by atoms with Crippen molar-refractivity contribution in [1.82, 2.24) is 0 Å². The Morgan fingerprint density at radius 2 is 1.97 bits per heavy atom. The summed E-state index contributed by atoms with van der Waals surface area (Å²) < 4.78 is 10.5. The van der Waals surface area contributed by atoms with Crippen LogP contribution < -0.4 is 15.0 Å². The quantitative estimate of drug-likeness (QED) is 0.446. The second-order valence-electron chi connectivity index (χ2n) is 7.29. The molecule has 3 aromatic rings. The summed E-state index contributed by atoms with van der Waals surface area (Å²) in [6.45, 7) is 3.76. The highest BCUT2D eigenvalue weighted by atomic mass is 32.1. The molecule has 0 spiro atoms. The molecule has 2 heterocycles. The van der Waals surface area contributed by atoms with Crippen LogP contribution >= 0.6 is 11.3 Å². The van der Waals surface area contributed by atoms with Crippen LogP contribution in [0.1, 0.15) is 22.8 Å². The van der Waals surface area contributed by atoms with Gasteiger partial charge in [0.05, 0.1) is 18.8 Å². The van der Waals surface area contributed by atoms with Gasteiger partial charge in [0.1, 0.15) is 17.1 Å². The van der Waals surface area contributed by atoms with Crippen molar-refractivity contribution in [3.8, 4) is 16.9 Å². The number of thiophene rings is 1. The molecular formula is C24H22N2O5S. The first kappa shape index (κ1) is 21.6. The van der Waals surface area contributed by atoms with E-state index in [0.717, 1.165) is 11.1 Å². The van der Waals surface area contributed by atoms with E-state index >= 15 is 0 Å². The Kier molecular flexibility index (Phi) is 6.23. The second-order valence-corrected chi connectivity index (χ2v) is 8.17. The van der Waals surface area contributed by atoms with Crippen LogP contribution in [0.5, 0.6) is 5.75 Å². The lowest BCUT2D eigenvalue weighted by atomic mass is 10.0. The molecule has 7 nitrogen and oxygen atoms in total. The molecule has 0 aliphatic carbocycles. The number of amides is 1. The smallest absolute Gasteiger partial charge is 0.341 e. The van der Waals surface area contributed by atoms with Crippen molar-refractivity contribution in [3.63, 3.8) is 0 Å². The van der Waals surface area contributed by atoms with Crippen LogP contribution in [0.15, 0.2) is 53.9 Å². The molecule has 164 valence electrons. The Morgan fingerprint density at radius 1 is 1.19 bits per heavy atom. The highest BCUT2D eigenvalue weighted by Gasteiger charge is 2.27.